The highest BCUT2D eigenvalue weighted by molar-refractivity contribution is 7.71. The fourth-order valence-corrected chi connectivity index (χ4v) is 2.17. The zero-order valence-corrected chi connectivity index (χ0v) is 8.73. The molecule has 1 unspecified atom stereocenters. The maximum Gasteiger partial charge on any atom is 0.198 e. The molecule has 0 aromatic carbocycles. The van der Waals surface area contributed by atoms with E-state index in [0.717, 1.165) is 30.5 Å². The van der Waals surface area contributed by atoms with E-state index in [1.54, 1.807) is 0 Å². The molecule has 0 amide bonds. The first-order valence-corrected chi connectivity index (χ1v) is 5.19. The number of nitrogens with zero attached hydrogens (tertiary/aromatic N) is 1. The van der Waals surface area contributed by atoms with Crippen molar-refractivity contribution in [1.29, 1.82) is 0 Å². The molecule has 0 bridgehead atoms. The van der Waals surface area contributed by atoms with E-state index in [9.17, 15) is 0 Å². The number of aromatic amines is 1. The number of hydrogen-bond donors (Lipinski definition) is 3. The van der Waals surface area contributed by atoms with Gasteiger partial charge >= 0.3 is 0 Å². The van der Waals surface area contributed by atoms with Crippen LogP contribution >= 0.6 is 12.2 Å². The molecule has 2 rings (SSSR count). The zero-order chi connectivity index (χ0) is 10.1. The summed E-state index contributed by atoms with van der Waals surface area (Å²) >= 11 is 4.97. The highest BCUT2D eigenvalue weighted by Crippen LogP contribution is 2.26. The fourth-order valence-electron chi connectivity index (χ4n) is 1.95. The number of H-pyrrole nitrogens is 1. The molecule has 0 aliphatic heterocycles. The highest BCUT2D eigenvalue weighted by Gasteiger charge is 2.20. The van der Waals surface area contributed by atoms with Crippen LogP contribution in [0.4, 0.5) is 5.82 Å². The Hall–Kier alpha value is -0.940. The second-order valence-electron chi connectivity index (χ2n) is 3.73. The molecular weight excluding hydrogens is 196 g/mol. The van der Waals surface area contributed by atoms with Gasteiger partial charge in [-0.05, 0) is 43.9 Å². The SMILES string of the molecule is NCC1CCc2[nH]c(=S)nc(N)c2C1. The van der Waals surface area contributed by atoms with Crippen LogP contribution in [0.25, 0.3) is 0 Å². The lowest BCUT2D eigenvalue weighted by atomic mass is 9.87. The molecule has 14 heavy (non-hydrogen) atoms. The second kappa shape index (κ2) is 3.67. The number of aromatic nitrogens is 2. The van der Waals surface area contributed by atoms with Gasteiger partial charge in [0.05, 0.1) is 0 Å². The molecule has 5 heteroatoms. The molecule has 4 nitrogen and oxygen atoms in total. The molecule has 0 saturated carbocycles. The van der Waals surface area contributed by atoms with Crippen molar-refractivity contribution in [1.82, 2.24) is 9.97 Å². The van der Waals surface area contributed by atoms with Gasteiger partial charge in [-0.3, -0.25) is 0 Å². The van der Waals surface area contributed by atoms with Gasteiger partial charge in [-0.2, -0.15) is 0 Å². The van der Waals surface area contributed by atoms with Crippen LogP contribution in [0, 0.1) is 10.7 Å². The maximum atomic E-state index is 5.82. The van der Waals surface area contributed by atoms with Crippen LogP contribution in [0.2, 0.25) is 0 Å². The van der Waals surface area contributed by atoms with E-state index >= 15 is 0 Å². The minimum atomic E-state index is 0.479. The summed E-state index contributed by atoms with van der Waals surface area (Å²) in [5.41, 5.74) is 13.7. The summed E-state index contributed by atoms with van der Waals surface area (Å²) in [6, 6.07) is 0. The van der Waals surface area contributed by atoms with Crippen molar-refractivity contribution in [3.63, 3.8) is 0 Å². The van der Waals surface area contributed by atoms with Crippen LogP contribution in [-0.2, 0) is 12.8 Å². The van der Waals surface area contributed by atoms with E-state index in [-0.39, 0.29) is 0 Å². The Morgan fingerprint density at radius 1 is 1.57 bits per heavy atom. The third-order valence-electron chi connectivity index (χ3n) is 2.78. The van der Waals surface area contributed by atoms with Crippen molar-refractivity contribution < 1.29 is 0 Å². The van der Waals surface area contributed by atoms with Gasteiger partial charge in [-0.15, -0.1) is 0 Å². The predicted octanol–water partition coefficient (Wildman–Crippen LogP) is 0.785. The van der Waals surface area contributed by atoms with Gasteiger partial charge in [0.2, 0.25) is 0 Å². The maximum absolute atomic E-state index is 5.82. The van der Waals surface area contributed by atoms with Crippen molar-refractivity contribution in [3.05, 3.63) is 16.0 Å². The van der Waals surface area contributed by atoms with Gasteiger partial charge in [-0.25, -0.2) is 4.98 Å². The average molecular weight is 210 g/mol. The molecule has 0 saturated heterocycles. The summed E-state index contributed by atoms with van der Waals surface area (Å²) < 4.78 is 0.479. The Kier molecular flexibility index (Phi) is 2.52. The first-order chi connectivity index (χ1) is 6.70. The normalized spacial score (nSPS) is 20.5. The van der Waals surface area contributed by atoms with Crippen LogP contribution in [0.15, 0.2) is 0 Å². The third-order valence-corrected chi connectivity index (χ3v) is 2.98. The molecule has 5 N–H and O–H groups in total. The minimum absolute atomic E-state index is 0.479. The summed E-state index contributed by atoms with van der Waals surface area (Å²) in [6.07, 6.45) is 3.02. The van der Waals surface area contributed by atoms with E-state index in [0.29, 0.717) is 23.1 Å². The Labute approximate surface area is 87.7 Å². The molecular formula is C9H14N4S. The number of aryl methyl sites for hydroxylation is 1. The molecule has 76 valence electrons. The molecule has 1 aromatic rings. The van der Waals surface area contributed by atoms with Crippen molar-refractivity contribution >= 4 is 18.0 Å². The number of nitrogen functional groups attached to an aromatic ring is 1. The van der Waals surface area contributed by atoms with Crippen molar-refractivity contribution in [2.24, 2.45) is 11.7 Å². The first-order valence-electron chi connectivity index (χ1n) is 4.78. The van der Waals surface area contributed by atoms with E-state index in [1.165, 1.54) is 0 Å². The molecule has 1 aliphatic rings. The Morgan fingerprint density at radius 2 is 2.36 bits per heavy atom. The third kappa shape index (κ3) is 1.65. The van der Waals surface area contributed by atoms with E-state index in [4.69, 9.17) is 23.7 Å². The van der Waals surface area contributed by atoms with Crippen LogP contribution in [0.5, 0.6) is 0 Å². The molecule has 1 heterocycles. The molecule has 0 fully saturated rings. The standard InChI is InChI=1S/C9H14N4S/c10-4-5-1-2-7-6(3-5)8(11)13-9(14)12-7/h5H,1-4,10H2,(H3,11,12,13,14). The highest BCUT2D eigenvalue weighted by atomic mass is 32.1. The van der Waals surface area contributed by atoms with E-state index in [1.807, 2.05) is 0 Å². The second-order valence-corrected chi connectivity index (χ2v) is 4.12. The quantitative estimate of drug-likeness (QED) is 0.598. The van der Waals surface area contributed by atoms with Crippen molar-refractivity contribution in [2.45, 2.75) is 19.3 Å². The van der Waals surface area contributed by atoms with Gasteiger partial charge in [-0.1, -0.05) is 0 Å². The summed E-state index contributed by atoms with van der Waals surface area (Å²) in [4.78, 5) is 7.15. The molecule has 0 radical (unpaired) electrons. The monoisotopic (exact) mass is 210 g/mol. The summed E-state index contributed by atoms with van der Waals surface area (Å²) in [5, 5.41) is 0. The van der Waals surface area contributed by atoms with Crippen LogP contribution in [-0.4, -0.2) is 16.5 Å². The van der Waals surface area contributed by atoms with Crippen LogP contribution in [0.1, 0.15) is 17.7 Å². The van der Waals surface area contributed by atoms with E-state index < -0.39 is 0 Å². The Balaban J connectivity index is 2.42. The largest absolute Gasteiger partial charge is 0.383 e. The zero-order valence-electron chi connectivity index (χ0n) is 7.92. The van der Waals surface area contributed by atoms with Crippen molar-refractivity contribution in [2.75, 3.05) is 12.3 Å². The van der Waals surface area contributed by atoms with Crippen LogP contribution < -0.4 is 11.5 Å². The number of nitrogens with one attached hydrogen (secondary N) is 1. The average Bonchev–Trinajstić information content (AvgIpc) is 2.17. The number of anilines is 1. The number of rotatable bonds is 1. The number of fused-ring (bicyclic) bond motifs is 1. The summed E-state index contributed by atoms with van der Waals surface area (Å²) in [6.45, 7) is 0.717. The summed E-state index contributed by atoms with van der Waals surface area (Å²) in [5.74, 6) is 1.11. The van der Waals surface area contributed by atoms with Gasteiger partial charge in [0.25, 0.3) is 0 Å². The van der Waals surface area contributed by atoms with Gasteiger partial charge in [0, 0.05) is 11.3 Å². The summed E-state index contributed by atoms with van der Waals surface area (Å²) in [7, 11) is 0. The molecule has 1 aromatic heterocycles. The lowest BCUT2D eigenvalue weighted by molar-refractivity contribution is 0.462. The van der Waals surface area contributed by atoms with Gasteiger partial charge in [0.1, 0.15) is 5.82 Å². The molecule has 1 aliphatic carbocycles. The lowest BCUT2D eigenvalue weighted by Gasteiger charge is -2.23. The lowest BCUT2D eigenvalue weighted by Crippen LogP contribution is -2.24. The first kappa shape index (κ1) is 9.61. The molecule has 0 spiro atoms. The smallest absolute Gasteiger partial charge is 0.198 e. The van der Waals surface area contributed by atoms with Gasteiger partial charge < -0.3 is 16.5 Å². The van der Waals surface area contributed by atoms with Crippen LogP contribution in [0.3, 0.4) is 0 Å². The number of hydrogen-bond acceptors (Lipinski definition) is 4. The van der Waals surface area contributed by atoms with Crippen molar-refractivity contribution in [3.8, 4) is 0 Å². The predicted molar refractivity (Wildman–Crippen MR) is 58.4 cm³/mol. The topological polar surface area (TPSA) is 80.7 Å². The minimum Gasteiger partial charge on any atom is -0.383 e. The fraction of sp³-hybridized carbons (Fsp3) is 0.556. The van der Waals surface area contributed by atoms with E-state index in [2.05, 4.69) is 9.97 Å². The Morgan fingerprint density at radius 3 is 3.07 bits per heavy atom. The number of nitrogens with two attached hydrogens (primary N) is 2. The molecule has 1 atom stereocenters. The van der Waals surface area contributed by atoms with Gasteiger partial charge in [0.15, 0.2) is 4.77 Å². The Bertz CT molecular complexity index is 398.